The van der Waals surface area contributed by atoms with Crippen molar-refractivity contribution in [1.82, 2.24) is 9.80 Å². The van der Waals surface area contributed by atoms with Gasteiger partial charge in [-0.2, -0.15) is 0 Å². The van der Waals surface area contributed by atoms with E-state index in [0.717, 1.165) is 0 Å². The minimum Gasteiger partial charge on any atom is -0.291 e. The third-order valence-corrected chi connectivity index (χ3v) is 3.33. The molecule has 0 rings (SSSR count). The first-order chi connectivity index (χ1) is 8.47. The summed E-state index contributed by atoms with van der Waals surface area (Å²) in [5.74, 6) is 0. The highest BCUT2D eigenvalue weighted by atomic mass is 15.3. The van der Waals surface area contributed by atoms with Crippen LogP contribution in [0.2, 0.25) is 0 Å². The van der Waals surface area contributed by atoms with Gasteiger partial charge in [-0.25, -0.2) is 0 Å². The van der Waals surface area contributed by atoms with Crippen LogP contribution in [0.5, 0.6) is 0 Å². The van der Waals surface area contributed by atoms with Crippen molar-refractivity contribution in [2.24, 2.45) is 0 Å². The monoisotopic (exact) mass is 276 g/mol. The summed E-state index contributed by atoms with van der Waals surface area (Å²) in [5, 5.41) is 0. The van der Waals surface area contributed by atoms with Crippen molar-refractivity contribution in [3.05, 3.63) is 27.7 Å². The Hall–Kier alpha value is -0.0800. The van der Waals surface area contributed by atoms with E-state index in [9.17, 15) is 0 Å². The molecule has 114 valence electrons. The van der Waals surface area contributed by atoms with Crippen LogP contribution in [0.15, 0.2) is 0 Å². The Morgan fingerprint density at radius 3 is 0.750 bits per heavy atom. The van der Waals surface area contributed by atoms with Crippen molar-refractivity contribution < 1.29 is 0 Å². The number of nitrogens with zero attached hydrogens (tertiary/aromatic N) is 2. The van der Waals surface area contributed by atoms with Gasteiger partial charge in [-0.15, -0.1) is 0 Å². The predicted molar refractivity (Wildman–Crippen MR) is 86.9 cm³/mol. The Balaban J connectivity index is 5.10. The highest BCUT2D eigenvalue weighted by Crippen LogP contribution is 2.27. The maximum Gasteiger partial charge on any atom is 0.0194 e. The smallest absolute Gasteiger partial charge is 0.0194 e. The van der Waals surface area contributed by atoms with Crippen LogP contribution in [0, 0.1) is 27.7 Å². The van der Waals surface area contributed by atoms with Crippen molar-refractivity contribution in [2.45, 2.75) is 77.5 Å². The molecule has 0 aromatic carbocycles. The average Bonchev–Trinajstić information content (AvgIpc) is 2.02. The standard InChI is InChI=1S/C18H32N2/c1-15(2,3)19(16(4,5)6)13-14-20(17(7,8)9)18(10,11)12/h1,4,7,10H,13-14H2,2-3,5-6,8-9,11-12H3. The molecule has 8 radical (unpaired) electrons. The maximum absolute atomic E-state index is 6.24. The van der Waals surface area contributed by atoms with Gasteiger partial charge >= 0.3 is 0 Å². The minimum absolute atomic E-state index is 0.512. The zero-order valence-electron chi connectivity index (χ0n) is 14.6. The van der Waals surface area contributed by atoms with E-state index in [1.807, 2.05) is 55.4 Å². The summed E-state index contributed by atoms with van der Waals surface area (Å²) >= 11 is 0. The lowest BCUT2D eigenvalue weighted by atomic mass is 9.93. The van der Waals surface area contributed by atoms with E-state index in [1.165, 1.54) is 0 Å². The first-order valence-electron chi connectivity index (χ1n) is 7.18. The molecule has 0 aliphatic rings. The highest BCUT2D eigenvalue weighted by Gasteiger charge is 2.36. The topological polar surface area (TPSA) is 6.48 Å². The van der Waals surface area contributed by atoms with E-state index < -0.39 is 22.2 Å². The predicted octanol–water partition coefficient (Wildman–Crippen LogP) is 3.55. The van der Waals surface area contributed by atoms with Gasteiger partial charge in [0.1, 0.15) is 0 Å². The number of rotatable bonds is 7. The van der Waals surface area contributed by atoms with Crippen LogP contribution >= 0.6 is 0 Å². The molecule has 0 bridgehead atoms. The van der Waals surface area contributed by atoms with Crippen LogP contribution in [-0.2, 0) is 0 Å². The van der Waals surface area contributed by atoms with Gasteiger partial charge in [0, 0.05) is 35.2 Å². The molecule has 0 aromatic heterocycles. The Morgan fingerprint density at radius 1 is 0.500 bits per heavy atom. The van der Waals surface area contributed by atoms with E-state index in [1.54, 1.807) is 0 Å². The molecule has 0 aromatic rings. The molecule has 20 heavy (non-hydrogen) atoms. The lowest BCUT2D eigenvalue weighted by Crippen LogP contribution is -2.59. The Morgan fingerprint density at radius 2 is 0.650 bits per heavy atom. The Kier molecular flexibility index (Phi) is 5.94. The fraction of sp³-hybridized carbons (Fsp3) is 0.778. The van der Waals surface area contributed by atoms with Crippen molar-refractivity contribution >= 4 is 0 Å². The second-order valence-corrected chi connectivity index (χ2v) is 7.92. The van der Waals surface area contributed by atoms with Crippen molar-refractivity contribution in [3.8, 4) is 0 Å². The van der Waals surface area contributed by atoms with Gasteiger partial charge in [-0.05, 0) is 83.1 Å². The fourth-order valence-corrected chi connectivity index (χ4v) is 2.84. The van der Waals surface area contributed by atoms with Gasteiger partial charge in [-0.1, -0.05) is 0 Å². The zero-order valence-corrected chi connectivity index (χ0v) is 14.6. The lowest BCUT2D eigenvalue weighted by molar-refractivity contribution is 0.0165. The van der Waals surface area contributed by atoms with E-state index in [0.29, 0.717) is 13.1 Å². The molecule has 0 aliphatic carbocycles. The zero-order chi connectivity index (χ0) is 16.6. The van der Waals surface area contributed by atoms with E-state index in [2.05, 4.69) is 9.80 Å². The molecule has 0 fully saturated rings. The first kappa shape index (κ1) is 19.9. The summed E-state index contributed by atoms with van der Waals surface area (Å²) in [7, 11) is 0. The van der Waals surface area contributed by atoms with E-state index in [-0.39, 0.29) is 0 Å². The van der Waals surface area contributed by atoms with Crippen LogP contribution in [0.4, 0.5) is 0 Å². The van der Waals surface area contributed by atoms with Gasteiger partial charge in [0.05, 0.1) is 0 Å². The quantitative estimate of drug-likeness (QED) is 0.701. The second kappa shape index (κ2) is 5.96. The third-order valence-electron chi connectivity index (χ3n) is 3.33. The Labute approximate surface area is 128 Å². The summed E-state index contributed by atoms with van der Waals surface area (Å²) in [6.45, 7) is 41.9. The summed E-state index contributed by atoms with van der Waals surface area (Å²) in [4.78, 5) is 4.12. The van der Waals surface area contributed by atoms with Crippen molar-refractivity contribution in [3.63, 3.8) is 0 Å². The Bertz CT molecular complexity index is 231. The average molecular weight is 276 g/mol. The largest absolute Gasteiger partial charge is 0.291 e. The molecular weight excluding hydrogens is 244 g/mol. The molecule has 0 amide bonds. The van der Waals surface area contributed by atoms with Crippen molar-refractivity contribution in [1.29, 1.82) is 0 Å². The molecule has 0 heterocycles. The SMILES string of the molecule is [CH]C(C)(C)N(CCN(C([CH])(C)C)C([CH])(C)C)C([CH])(C)C. The molecule has 0 unspecified atom stereocenters. The second-order valence-electron chi connectivity index (χ2n) is 7.92. The van der Waals surface area contributed by atoms with Gasteiger partial charge in [0.25, 0.3) is 0 Å². The molecule has 0 spiro atoms. The normalized spacial score (nSPS) is 15.3. The molecule has 2 nitrogen and oxygen atoms in total. The first-order valence-corrected chi connectivity index (χ1v) is 7.18. The van der Waals surface area contributed by atoms with E-state index in [4.69, 9.17) is 27.7 Å². The van der Waals surface area contributed by atoms with Crippen LogP contribution in [-0.4, -0.2) is 45.0 Å². The lowest BCUT2D eigenvalue weighted by Gasteiger charge is -2.50. The maximum atomic E-state index is 6.24. The summed E-state index contributed by atoms with van der Waals surface area (Å²) in [6, 6.07) is 0. The molecule has 0 aliphatic heterocycles. The molecule has 2 heteroatoms. The summed E-state index contributed by atoms with van der Waals surface area (Å²) < 4.78 is 0. The third kappa shape index (κ3) is 6.13. The number of hydrogen-bond acceptors (Lipinski definition) is 2. The van der Waals surface area contributed by atoms with Gasteiger partial charge < -0.3 is 0 Å². The van der Waals surface area contributed by atoms with Crippen LogP contribution in [0.1, 0.15) is 55.4 Å². The van der Waals surface area contributed by atoms with Gasteiger partial charge in [0.15, 0.2) is 0 Å². The molecular formula is C18H32N2. The minimum atomic E-state index is -0.512. The van der Waals surface area contributed by atoms with Gasteiger partial charge in [-0.3, -0.25) is 9.80 Å². The summed E-state index contributed by atoms with van der Waals surface area (Å²) in [6.07, 6.45) is 0. The highest BCUT2D eigenvalue weighted by molar-refractivity contribution is 4.99. The van der Waals surface area contributed by atoms with E-state index >= 15 is 0 Å². The van der Waals surface area contributed by atoms with Gasteiger partial charge in [0.2, 0.25) is 0 Å². The molecule has 0 saturated heterocycles. The fourth-order valence-electron chi connectivity index (χ4n) is 2.84. The van der Waals surface area contributed by atoms with Crippen LogP contribution < -0.4 is 0 Å². The summed E-state index contributed by atoms with van der Waals surface area (Å²) in [5.41, 5.74) is -2.05. The van der Waals surface area contributed by atoms with Crippen molar-refractivity contribution in [2.75, 3.05) is 13.1 Å². The molecule has 0 N–H and O–H groups in total. The molecule has 0 saturated carbocycles. The van der Waals surface area contributed by atoms with Crippen LogP contribution in [0.3, 0.4) is 0 Å². The molecule has 0 atom stereocenters. The van der Waals surface area contributed by atoms with Crippen LogP contribution in [0.25, 0.3) is 0 Å². The number of hydrogen-bond donors (Lipinski definition) is 0.